The van der Waals surface area contributed by atoms with Crippen LogP contribution in [0.5, 0.6) is 0 Å². The molecule has 114 valence electrons. The second-order valence-corrected chi connectivity index (χ2v) is 4.88. The summed E-state index contributed by atoms with van der Waals surface area (Å²) in [4.78, 5) is 37.3. The Balaban J connectivity index is 2.89. The SMILES string of the molecule is Cc1cccc(C(=O)O)c1NC(=O)N(C)CC(=O)N(C)C. The van der Waals surface area contributed by atoms with Crippen LogP contribution < -0.4 is 5.32 Å². The van der Waals surface area contributed by atoms with Gasteiger partial charge in [-0.05, 0) is 18.6 Å². The summed E-state index contributed by atoms with van der Waals surface area (Å²) >= 11 is 0. The van der Waals surface area contributed by atoms with Crippen molar-refractivity contribution in [1.82, 2.24) is 9.80 Å². The Morgan fingerprint density at radius 1 is 1.19 bits per heavy atom. The quantitative estimate of drug-likeness (QED) is 0.874. The maximum atomic E-state index is 12.0. The summed E-state index contributed by atoms with van der Waals surface area (Å²) in [7, 11) is 4.66. The number of carboxylic acids is 1. The van der Waals surface area contributed by atoms with Crippen molar-refractivity contribution in [2.24, 2.45) is 0 Å². The van der Waals surface area contributed by atoms with Crippen molar-refractivity contribution >= 4 is 23.6 Å². The van der Waals surface area contributed by atoms with Gasteiger partial charge in [-0.2, -0.15) is 0 Å². The smallest absolute Gasteiger partial charge is 0.337 e. The zero-order valence-electron chi connectivity index (χ0n) is 12.5. The highest BCUT2D eigenvalue weighted by atomic mass is 16.4. The molecule has 7 heteroatoms. The van der Waals surface area contributed by atoms with E-state index in [0.29, 0.717) is 5.56 Å². The van der Waals surface area contributed by atoms with Crippen molar-refractivity contribution in [2.75, 3.05) is 33.0 Å². The molecule has 1 aromatic rings. The van der Waals surface area contributed by atoms with Crippen LogP contribution in [0.15, 0.2) is 18.2 Å². The number of urea groups is 1. The van der Waals surface area contributed by atoms with Gasteiger partial charge in [0.05, 0.1) is 11.3 Å². The lowest BCUT2D eigenvalue weighted by atomic mass is 10.1. The first-order valence-corrected chi connectivity index (χ1v) is 6.29. The molecule has 0 aromatic heterocycles. The molecule has 0 aliphatic heterocycles. The number of aryl methyl sites for hydroxylation is 1. The van der Waals surface area contributed by atoms with Gasteiger partial charge < -0.3 is 20.2 Å². The third kappa shape index (κ3) is 4.20. The number of nitrogens with zero attached hydrogens (tertiary/aromatic N) is 2. The zero-order valence-corrected chi connectivity index (χ0v) is 12.5. The molecule has 0 radical (unpaired) electrons. The predicted octanol–water partition coefficient (Wildman–Crippen LogP) is 1.25. The predicted molar refractivity (Wildman–Crippen MR) is 78.5 cm³/mol. The molecule has 0 aliphatic rings. The van der Waals surface area contributed by atoms with E-state index in [2.05, 4.69) is 5.32 Å². The fourth-order valence-corrected chi connectivity index (χ4v) is 1.63. The third-order valence-corrected chi connectivity index (χ3v) is 2.95. The van der Waals surface area contributed by atoms with E-state index in [-0.39, 0.29) is 23.7 Å². The minimum atomic E-state index is -1.12. The molecule has 3 amide bonds. The van der Waals surface area contributed by atoms with E-state index >= 15 is 0 Å². The molecule has 0 unspecified atom stereocenters. The van der Waals surface area contributed by atoms with Gasteiger partial charge in [0.1, 0.15) is 6.54 Å². The number of carbonyl (C=O) groups is 3. The molecule has 21 heavy (non-hydrogen) atoms. The largest absolute Gasteiger partial charge is 0.478 e. The lowest BCUT2D eigenvalue weighted by Crippen LogP contribution is -2.40. The maximum Gasteiger partial charge on any atom is 0.337 e. The first-order chi connectivity index (χ1) is 9.73. The van der Waals surface area contributed by atoms with E-state index in [1.54, 1.807) is 33.2 Å². The second kappa shape index (κ2) is 6.74. The van der Waals surface area contributed by atoms with Crippen molar-refractivity contribution in [1.29, 1.82) is 0 Å². The van der Waals surface area contributed by atoms with Gasteiger partial charge in [0.25, 0.3) is 0 Å². The van der Waals surface area contributed by atoms with Gasteiger partial charge in [0.15, 0.2) is 0 Å². The van der Waals surface area contributed by atoms with E-state index in [4.69, 9.17) is 5.11 Å². The van der Waals surface area contributed by atoms with Crippen LogP contribution in [0.2, 0.25) is 0 Å². The summed E-state index contributed by atoms with van der Waals surface area (Å²) in [5.74, 6) is -1.35. The maximum absolute atomic E-state index is 12.0. The lowest BCUT2D eigenvalue weighted by molar-refractivity contribution is -0.129. The molecular formula is C14H19N3O4. The van der Waals surface area contributed by atoms with Crippen LogP contribution in [0, 0.1) is 6.92 Å². The number of anilines is 1. The van der Waals surface area contributed by atoms with Crippen LogP contribution in [-0.4, -0.2) is 60.5 Å². The minimum absolute atomic E-state index is 0.00989. The molecule has 0 bridgehead atoms. The molecule has 1 aromatic carbocycles. The molecule has 7 nitrogen and oxygen atoms in total. The molecule has 0 atom stereocenters. The summed E-state index contributed by atoms with van der Waals surface area (Å²) in [6.45, 7) is 1.61. The van der Waals surface area contributed by atoms with Crippen molar-refractivity contribution in [3.05, 3.63) is 29.3 Å². The summed E-state index contributed by atoms with van der Waals surface area (Å²) in [6.07, 6.45) is 0. The first kappa shape index (κ1) is 16.5. The number of hydrogen-bond donors (Lipinski definition) is 2. The Morgan fingerprint density at radius 2 is 1.81 bits per heavy atom. The number of rotatable bonds is 4. The number of nitrogens with one attached hydrogen (secondary N) is 1. The van der Waals surface area contributed by atoms with Crippen molar-refractivity contribution in [2.45, 2.75) is 6.92 Å². The zero-order chi connectivity index (χ0) is 16.2. The van der Waals surface area contributed by atoms with Gasteiger partial charge in [0, 0.05) is 21.1 Å². The molecule has 0 spiro atoms. The summed E-state index contributed by atoms with van der Waals surface area (Å²) in [6, 6.07) is 4.18. The second-order valence-electron chi connectivity index (χ2n) is 4.88. The van der Waals surface area contributed by atoms with Crippen LogP contribution in [0.3, 0.4) is 0 Å². The van der Waals surface area contributed by atoms with Gasteiger partial charge >= 0.3 is 12.0 Å². The molecule has 0 heterocycles. The minimum Gasteiger partial charge on any atom is -0.478 e. The van der Waals surface area contributed by atoms with E-state index in [0.717, 1.165) is 0 Å². The average molecular weight is 293 g/mol. The number of hydrogen-bond acceptors (Lipinski definition) is 3. The molecule has 0 aliphatic carbocycles. The van der Waals surface area contributed by atoms with E-state index in [9.17, 15) is 14.4 Å². The van der Waals surface area contributed by atoms with Gasteiger partial charge in [-0.15, -0.1) is 0 Å². The highest BCUT2D eigenvalue weighted by Gasteiger charge is 2.18. The normalized spacial score (nSPS) is 9.90. The van der Waals surface area contributed by atoms with Gasteiger partial charge in [-0.3, -0.25) is 4.79 Å². The first-order valence-electron chi connectivity index (χ1n) is 6.29. The highest BCUT2D eigenvalue weighted by molar-refractivity contribution is 6.01. The standard InChI is InChI=1S/C14H19N3O4/c1-9-6-5-7-10(13(19)20)12(9)15-14(21)17(4)8-11(18)16(2)3/h5-7H,8H2,1-4H3,(H,15,21)(H,19,20). The molecule has 2 N–H and O–H groups in total. The number of para-hydroxylation sites is 1. The third-order valence-electron chi connectivity index (χ3n) is 2.95. The number of carbonyl (C=O) groups excluding carboxylic acids is 2. The summed E-state index contributed by atoms with van der Waals surface area (Å²) < 4.78 is 0. The van der Waals surface area contributed by atoms with Crippen LogP contribution in [0.4, 0.5) is 10.5 Å². The van der Waals surface area contributed by atoms with E-state index in [1.165, 1.54) is 22.9 Å². The summed E-state index contributed by atoms with van der Waals surface area (Å²) in [5.41, 5.74) is 0.880. The van der Waals surface area contributed by atoms with Crippen LogP contribution in [0.1, 0.15) is 15.9 Å². The van der Waals surface area contributed by atoms with Gasteiger partial charge in [-0.1, -0.05) is 12.1 Å². The Hall–Kier alpha value is -2.57. The van der Waals surface area contributed by atoms with Crippen molar-refractivity contribution in [3.63, 3.8) is 0 Å². The molecule has 0 saturated heterocycles. The van der Waals surface area contributed by atoms with Crippen LogP contribution in [0.25, 0.3) is 0 Å². The molecule has 0 fully saturated rings. The number of amides is 3. The number of carboxylic acid groups (broad SMARTS) is 1. The van der Waals surface area contributed by atoms with Crippen molar-refractivity contribution < 1.29 is 19.5 Å². The van der Waals surface area contributed by atoms with E-state index < -0.39 is 12.0 Å². The fraction of sp³-hybridized carbons (Fsp3) is 0.357. The molecular weight excluding hydrogens is 274 g/mol. The number of benzene rings is 1. The van der Waals surface area contributed by atoms with E-state index in [1.807, 2.05) is 0 Å². The number of aromatic carboxylic acids is 1. The molecule has 1 rings (SSSR count). The average Bonchev–Trinajstić information content (AvgIpc) is 2.40. The molecule has 0 saturated carbocycles. The topological polar surface area (TPSA) is 90.0 Å². The van der Waals surface area contributed by atoms with Crippen LogP contribution >= 0.6 is 0 Å². The summed E-state index contributed by atoms with van der Waals surface area (Å²) in [5, 5.41) is 11.7. The van der Waals surface area contributed by atoms with Crippen molar-refractivity contribution in [3.8, 4) is 0 Å². The van der Waals surface area contributed by atoms with Gasteiger partial charge in [0.2, 0.25) is 5.91 Å². The fourth-order valence-electron chi connectivity index (χ4n) is 1.63. The Bertz CT molecular complexity index is 569. The highest BCUT2D eigenvalue weighted by Crippen LogP contribution is 2.20. The Labute approximate surface area is 123 Å². The Morgan fingerprint density at radius 3 is 2.33 bits per heavy atom. The Kier molecular flexibility index (Phi) is 5.29. The number of likely N-dealkylation sites (N-methyl/N-ethyl adjacent to an activating group) is 2. The lowest BCUT2D eigenvalue weighted by Gasteiger charge is -2.21. The van der Waals surface area contributed by atoms with Gasteiger partial charge in [-0.25, -0.2) is 9.59 Å². The van der Waals surface area contributed by atoms with Crippen LogP contribution in [-0.2, 0) is 4.79 Å². The monoisotopic (exact) mass is 293 g/mol.